The number of hydrogen-bond acceptors (Lipinski definition) is 3. The van der Waals surface area contributed by atoms with Crippen LogP contribution in [-0.2, 0) is 4.79 Å². The van der Waals surface area contributed by atoms with Gasteiger partial charge in [-0.25, -0.2) is 0 Å². The molecule has 0 bridgehead atoms. The molecule has 0 spiro atoms. The van der Waals surface area contributed by atoms with Crippen LogP contribution >= 0.6 is 0 Å². The molecule has 2 atom stereocenters. The van der Waals surface area contributed by atoms with E-state index >= 15 is 0 Å². The molecule has 0 saturated carbocycles. The van der Waals surface area contributed by atoms with E-state index in [0.717, 1.165) is 6.54 Å². The van der Waals surface area contributed by atoms with E-state index in [0.29, 0.717) is 19.5 Å². The van der Waals surface area contributed by atoms with Gasteiger partial charge in [0.1, 0.15) is 0 Å². The van der Waals surface area contributed by atoms with Crippen LogP contribution in [-0.4, -0.2) is 46.8 Å². The van der Waals surface area contributed by atoms with E-state index in [9.17, 15) is 9.90 Å². The molecule has 0 aliphatic carbocycles. The van der Waals surface area contributed by atoms with Gasteiger partial charge in [0.2, 0.25) is 0 Å². The second-order valence-electron chi connectivity index (χ2n) is 3.65. The zero-order chi connectivity index (χ0) is 11.1. The molecule has 0 aliphatic heterocycles. The highest BCUT2D eigenvalue weighted by molar-refractivity contribution is 5.69. The van der Waals surface area contributed by atoms with Crippen LogP contribution in [0.2, 0.25) is 0 Å². The molecular weight excluding hydrogens is 182 g/mol. The number of nitrogens with zero attached hydrogens (tertiary/aromatic N) is 1. The van der Waals surface area contributed by atoms with Crippen LogP contribution in [0.25, 0.3) is 0 Å². The summed E-state index contributed by atoms with van der Waals surface area (Å²) in [5.41, 5.74) is 0. The van der Waals surface area contributed by atoms with Crippen molar-refractivity contribution >= 4 is 5.97 Å². The van der Waals surface area contributed by atoms with Crippen molar-refractivity contribution in [2.75, 3.05) is 19.6 Å². The summed E-state index contributed by atoms with van der Waals surface area (Å²) in [5, 5.41) is 18.2. The highest BCUT2D eigenvalue weighted by Gasteiger charge is 2.16. The Kier molecular flexibility index (Phi) is 6.49. The third-order valence-electron chi connectivity index (χ3n) is 2.34. The molecule has 0 aromatic rings. The summed E-state index contributed by atoms with van der Waals surface area (Å²) >= 11 is 0. The van der Waals surface area contributed by atoms with E-state index in [1.165, 1.54) is 0 Å². The van der Waals surface area contributed by atoms with Crippen LogP contribution in [0.5, 0.6) is 0 Å². The summed E-state index contributed by atoms with van der Waals surface area (Å²) in [7, 11) is 0. The summed E-state index contributed by atoms with van der Waals surface area (Å²) in [6.07, 6.45) is 0.355. The molecule has 2 unspecified atom stereocenters. The minimum absolute atomic E-state index is 0.351. The van der Waals surface area contributed by atoms with Crippen molar-refractivity contribution in [3.63, 3.8) is 0 Å². The zero-order valence-electron chi connectivity index (χ0n) is 9.23. The van der Waals surface area contributed by atoms with Crippen LogP contribution in [0.4, 0.5) is 0 Å². The van der Waals surface area contributed by atoms with Crippen molar-refractivity contribution < 1.29 is 15.0 Å². The summed E-state index contributed by atoms with van der Waals surface area (Å²) in [5.74, 6) is -1.16. The largest absolute Gasteiger partial charge is 0.481 e. The molecule has 2 N–H and O–H groups in total. The van der Waals surface area contributed by atoms with Crippen molar-refractivity contribution in [2.24, 2.45) is 5.92 Å². The molecule has 0 saturated heterocycles. The normalized spacial score (nSPS) is 15.5. The summed E-state index contributed by atoms with van der Waals surface area (Å²) in [6, 6.07) is 0. The third-order valence-corrected chi connectivity index (χ3v) is 2.34. The number of hydrogen-bond donors (Lipinski definition) is 2. The Hall–Kier alpha value is -0.610. The standard InChI is InChI=1S/C10H21NO3/c1-4-9(12)7-11(5-2)6-8(3)10(13)14/h8-9,12H,4-7H2,1-3H3,(H,13,14). The predicted octanol–water partition coefficient (Wildman–Crippen LogP) is 0.800. The fraction of sp³-hybridized carbons (Fsp3) is 0.900. The molecule has 0 aliphatic rings. The van der Waals surface area contributed by atoms with Gasteiger partial charge in [0.05, 0.1) is 12.0 Å². The van der Waals surface area contributed by atoms with Gasteiger partial charge < -0.3 is 15.1 Å². The number of aliphatic hydroxyl groups excluding tert-OH is 1. The third kappa shape index (κ3) is 5.19. The van der Waals surface area contributed by atoms with Gasteiger partial charge in [-0.2, -0.15) is 0 Å². The van der Waals surface area contributed by atoms with E-state index in [2.05, 4.69) is 0 Å². The van der Waals surface area contributed by atoms with Crippen LogP contribution in [0.15, 0.2) is 0 Å². The maximum atomic E-state index is 10.6. The Morgan fingerprint density at radius 2 is 1.93 bits per heavy atom. The maximum Gasteiger partial charge on any atom is 0.307 e. The van der Waals surface area contributed by atoms with Gasteiger partial charge in [0.25, 0.3) is 0 Å². The van der Waals surface area contributed by atoms with Gasteiger partial charge in [-0.05, 0) is 13.0 Å². The van der Waals surface area contributed by atoms with Gasteiger partial charge in [0, 0.05) is 13.1 Å². The molecule has 0 fully saturated rings. The minimum atomic E-state index is -0.783. The molecule has 0 rings (SSSR count). The van der Waals surface area contributed by atoms with Gasteiger partial charge in [-0.15, -0.1) is 0 Å². The number of aliphatic hydroxyl groups is 1. The number of carboxylic acids is 1. The molecular formula is C10H21NO3. The summed E-state index contributed by atoms with van der Waals surface area (Å²) in [6.45, 7) is 7.40. The van der Waals surface area contributed by atoms with Crippen LogP contribution in [0.1, 0.15) is 27.2 Å². The first-order valence-electron chi connectivity index (χ1n) is 5.14. The Morgan fingerprint density at radius 3 is 2.29 bits per heavy atom. The second kappa shape index (κ2) is 6.79. The average molecular weight is 203 g/mol. The number of likely N-dealkylation sites (N-methyl/N-ethyl adjacent to an activating group) is 1. The Bertz CT molecular complexity index is 173. The number of carbonyl (C=O) groups is 1. The number of aliphatic carboxylic acids is 1. The highest BCUT2D eigenvalue weighted by atomic mass is 16.4. The van der Waals surface area contributed by atoms with Gasteiger partial charge >= 0.3 is 5.97 Å². The highest BCUT2D eigenvalue weighted by Crippen LogP contribution is 2.02. The minimum Gasteiger partial charge on any atom is -0.481 e. The number of rotatable bonds is 7. The van der Waals surface area contributed by atoms with Crippen LogP contribution in [0, 0.1) is 5.92 Å². The average Bonchev–Trinajstić information content (AvgIpc) is 2.16. The molecule has 14 heavy (non-hydrogen) atoms. The zero-order valence-corrected chi connectivity index (χ0v) is 9.23. The van der Waals surface area contributed by atoms with Gasteiger partial charge in [-0.3, -0.25) is 4.79 Å². The Balaban J connectivity index is 3.96. The fourth-order valence-electron chi connectivity index (χ4n) is 1.23. The van der Waals surface area contributed by atoms with E-state index in [-0.39, 0.29) is 12.0 Å². The lowest BCUT2D eigenvalue weighted by Crippen LogP contribution is -2.37. The molecule has 0 radical (unpaired) electrons. The molecule has 0 aromatic carbocycles. The quantitative estimate of drug-likeness (QED) is 0.642. The van der Waals surface area contributed by atoms with Crippen molar-refractivity contribution in [1.29, 1.82) is 0 Å². The Morgan fingerprint density at radius 1 is 1.36 bits per heavy atom. The monoisotopic (exact) mass is 203 g/mol. The van der Waals surface area contributed by atoms with Crippen LogP contribution < -0.4 is 0 Å². The summed E-state index contributed by atoms with van der Waals surface area (Å²) < 4.78 is 0. The Labute approximate surface area is 85.5 Å². The van der Waals surface area contributed by atoms with Crippen LogP contribution in [0.3, 0.4) is 0 Å². The smallest absolute Gasteiger partial charge is 0.307 e. The molecule has 0 amide bonds. The van der Waals surface area contributed by atoms with E-state index in [4.69, 9.17) is 5.11 Å². The second-order valence-corrected chi connectivity index (χ2v) is 3.65. The molecule has 0 heterocycles. The van der Waals surface area contributed by atoms with E-state index < -0.39 is 5.97 Å². The predicted molar refractivity (Wildman–Crippen MR) is 55.2 cm³/mol. The first-order valence-corrected chi connectivity index (χ1v) is 5.14. The van der Waals surface area contributed by atoms with Crippen molar-refractivity contribution in [2.45, 2.75) is 33.3 Å². The van der Waals surface area contributed by atoms with Gasteiger partial charge in [-0.1, -0.05) is 20.8 Å². The fourth-order valence-corrected chi connectivity index (χ4v) is 1.23. The van der Waals surface area contributed by atoms with Crippen molar-refractivity contribution in [3.05, 3.63) is 0 Å². The van der Waals surface area contributed by atoms with Crippen molar-refractivity contribution in [3.8, 4) is 0 Å². The SMILES string of the molecule is CCC(O)CN(CC)CC(C)C(=O)O. The van der Waals surface area contributed by atoms with E-state index in [1.807, 2.05) is 18.7 Å². The summed E-state index contributed by atoms with van der Waals surface area (Å²) in [4.78, 5) is 12.6. The molecule has 4 nitrogen and oxygen atoms in total. The number of carboxylic acid groups (broad SMARTS) is 1. The maximum absolute atomic E-state index is 10.6. The van der Waals surface area contributed by atoms with Gasteiger partial charge in [0.15, 0.2) is 0 Å². The first-order chi connectivity index (χ1) is 6.51. The first kappa shape index (κ1) is 13.4. The molecule has 84 valence electrons. The lowest BCUT2D eigenvalue weighted by atomic mass is 10.1. The lowest BCUT2D eigenvalue weighted by Gasteiger charge is -2.24. The van der Waals surface area contributed by atoms with E-state index in [1.54, 1.807) is 6.92 Å². The lowest BCUT2D eigenvalue weighted by molar-refractivity contribution is -0.141. The molecule has 4 heteroatoms. The molecule has 0 aromatic heterocycles. The van der Waals surface area contributed by atoms with Crippen molar-refractivity contribution in [1.82, 2.24) is 4.90 Å². The topological polar surface area (TPSA) is 60.8 Å².